The van der Waals surface area contributed by atoms with Gasteiger partial charge in [0.05, 0.1) is 0 Å². The van der Waals surface area contributed by atoms with Crippen LogP contribution in [0.4, 0.5) is 0 Å². The van der Waals surface area contributed by atoms with Crippen molar-refractivity contribution in [2.75, 3.05) is 16.4 Å². The molecule has 1 rings (SSSR count). The zero-order valence-corrected chi connectivity index (χ0v) is 15.3. The number of alkyl halides is 2. The van der Waals surface area contributed by atoms with Gasteiger partial charge in [0.15, 0.2) is 0 Å². The molecule has 6 heteroatoms. The fraction of sp³-hybridized carbons (Fsp3) is 0.308. The molecule has 0 radical (unpaired) electrons. The molecular weight excluding hydrogens is 470 g/mol. The van der Waals surface area contributed by atoms with Crippen LogP contribution in [-0.2, 0) is 11.3 Å². The molecule has 0 bridgehead atoms. The Balaban J connectivity index is 2.55. The fourth-order valence-corrected chi connectivity index (χ4v) is 6.95. The summed E-state index contributed by atoms with van der Waals surface area (Å²) in [6, 6.07) is 9.80. The molecule has 0 fully saturated rings. The van der Waals surface area contributed by atoms with E-state index >= 15 is 0 Å². The molecule has 1 aromatic carbocycles. The average Bonchev–Trinajstić information content (AvgIpc) is 2.45. The molecule has 0 heterocycles. The fourth-order valence-electron chi connectivity index (χ4n) is 1.40. The van der Waals surface area contributed by atoms with Gasteiger partial charge in [-0.05, 0) is 0 Å². The van der Waals surface area contributed by atoms with Crippen molar-refractivity contribution in [3.05, 3.63) is 47.7 Å². The summed E-state index contributed by atoms with van der Waals surface area (Å²) >= 11 is -1.97. The van der Waals surface area contributed by atoms with Crippen LogP contribution in [0.15, 0.2) is 42.1 Å². The molecular formula is C13H19I2N2O2-. The molecule has 0 aliphatic carbocycles. The third kappa shape index (κ3) is 6.57. The minimum atomic E-state index is -1.85. The summed E-state index contributed by atoms with van der Waals surface area (Å²) in [5.74, 6) is -0.0907. The van der Waals surface area contributed by atoms with Gasteiger partial charge in [0.2, 0.25) is 0 Å². The number of rotatable bonds is 7. The normalized spacial score (nSPS) is 12.2. The number of carbonyl (C=O) groups is 1. The van der Waals surface area contributed by atoms with Crippen molar-refractivity contribution >= 4 is 22.2 Å². The van der Waals surface area contributed by atoms with Crippen LogP contribution in [0, 0.1) is 0 Å². The SMILES string of the molecule is CN/C=C(\CI(O)[I-]C)C(=O)NCc1ccccc1. The molecule has 108 valence electrons. The van der Waals surface area contributed by atoms with E-state index in [4.69, 9.17) is 0 Å². The van der Waals surface area contributed by atoms with Gasteiger partial charge in [-0.15, -0.1) is 0 Å². The summed E-state index contributed by atoms with van der Waals surface area (Å²) in [6.45, 7) is 0.515. The van der Waals surface area contributed by atoms with E-state index in [2.05, 4.69) is 15.6 Å². The Kier molecular flexibility index (Phi) is 8.38. The van der Waals surface area contributed by atoms with Crippen molar-refractivity contribution in [1.82, 2.24) is 10.6 Å². The third-order valence-corrected chi connectivity index (χ3v) is 13.0. The molecule has 0 saturated carbocycles. The van der Waals surface area contributed by atoms with Gasteiger partial charge < -0.3 is 0 Å². The van der Waals surface area contributed by atoms with Gasteiger partial charge in [0.1, 0.15) is 0 Å². The maximum atomic E-state index is 12.1. The van der Waals surface area contributed by atoms with E-state index in [1.165, 1.54) is 0 Å². The zero-order valence-electron chi connectivity index (χ0n) is 11.0. The molecule has 0 atom stereocenters. The molecule has 0 spiro atoms. The molecule has 0 saturated heterocycles. The second-order valence-corrected chi connectivity index (χ2v) is 18.7. The molecule has 0 unspecified atom stereocenters. The third-order valence-electron chi connectivity index (χ3n) is 2.33. The summed E-state index contributed by atoms with van der Waals surface area (Å²) in [7, 11) is 1.77. The van der Waals surface area contributed by atoms with Crippen LogP contribution >= 0.6 is 16.3 Å². The Morgan fingerprint density at radius 2 is 2.11 bits per heavy atom. The quantitative estimate of drug-likeness (QED) is 0.247. The summed E-state index contributed by atoms with van der Waals surface area (Å²) < 4.78 is 10.4. The topological polar surface area (TPSA) is 61.4 Å². The monoisotopic (exact) mass is 489 g/mol. The molecule has 0 aliphatic heterocycles. The number of hydrogen-bond acceptors (Lipinski definition) is 3. The van der Waals surface area contributed by atoms with Crippen molar-refractivity contribution < 1.29 is 25.5 Å². The summed E-state index contributed by atoms with van der Waals surface area (Å²) in [6.07, 6.45) is 1.69. The zero-order chi connectivity index (χ0) is 14.1. The Labute approximate surface area is 128 Å². The van der Waals surface area contributed by atoms with Crippen molar-refractivity contribution in [2.45, 2.75) is 6.54 Å². The molecule has 3 N–H and O–H groups in total. The second-order valence-electron chi connectivity index (χ2n) is 3.69. The van der Waals surface area contributed by atoms with Crippen molar-refractivity contribution in [1.29, 1.82) is 0 Å². The Bertz CT molecular complexity index is 424. The summed E-state index contributed by atoms with van der Waals surface area (Å²) in [4.78, 5) is 14.1. The second kappa shape index (κ2) is 9.54. The first-order valence-electron chi connectivity index (χ1n) is 5.71. The Morgan fingerprint density at radius 1 is 1.42 bits per heavy atom. The van der Waals surface area contributed by atoms with Crippen LogP contribution in [-0.4, -0.2) is 25.7 Å². The van der Waals surface area contributed by atoms with E-state index in [0.717, 1.165) is 5.56 Å². The van der Waals surface area contributed by atoms with E-state index in [1.54, 1.807) is 13.2 Å². The van der Waals surface area contributed by atoms with E-state index < -0.39 is 16.3 Å². The van der Waals surface area contributed by atoms with Crippen molar-refractivity contribution in [3.63, 3.8) is 0 Å². The van der Waals surface area contributed by atoms with Gasteiger partial charge in [-0.2, -0.15) is 0 Å². The number of hydrogen-bond donors (Lipinski definition) is 3. The van der Waals surface area contributed by atoms with E-state index in [1.807, 2.05) is 30.3 Å². The molecule has 19 heavy (non-hydrogen) atoms. The first-order chi connectivity index (χ1) is 9.17. The summed E-state index contributed by atoms with van der Waals surface area (Å²) in [5, 5.41) is 5.77. The first-order valence-corrected chi connectivity index (χ1v) is 16.6. The van der Waals surface area contributed by atoms with Crippen LogP contribution in [0.5, 0.6) is 0 Å². The van der Waals surface area contributed by atoms with Crippen molar-refractivity contribution in [3.8, 4) is 0 Å². The Morgan fingerprint density at radius 3 is 2.68 bits per heavy atom. The Hall–Kier alpha value is -0.350. The van der Waals surface area contributed by atoms with Gasteiger partial charge in [0, 0.05) is 0 Å². The number of benzene rings is 1. The van der Waals surface area contributed by atoms with Gasteiger partial charge in [-0.1, -0.05) is 0 Å². The van der Waals surface area contributed by atoms with E-state index in [0.29, 0.717) is 16.5 Å². The van der Waals surface area contributed by atoms with Gasteiger partial charge >= 0.3 is 129 Å². The van der Waals surface area contributed by atoms with E-state index in [-0.39, 0.29) is 23.1 Å². The molecule has 0 aromatic heterocycles. The number of nitrogens with one attached hydrogen (secondary N) is 2. The molecule has 0 aliphatic rings. The van der Waals surface area contributed by atoms with Crippen molar-refractivity contribution in [2.24, 2.45) is 0 Å². The molecule has 1 aromatic rings. The number of amides is 1. The maximum absolute atomic E-state index is 12.1. The van der Waals surface area contributed by atoms with Crippen LogP contribution in [0.1, 0.15) is 5.56 Å². The average molecular weight is 489 g/mol. The first kappa shape index (κ1) is 16.7. The standard InChI is InChI=1S/C13H19I2N2O2/c1-14-15(19)8-12(10-16-2)13(18)17-9-11-6-4-3-5-7-11/h3-7,10,16,19H,8-9H2,1-2H3,(H,17,18)/q-1/b12-10+. The minimum absolute atomic E-state index is 0.0907. The predicted octanol–water partition coefficient (Wildman–Crippen LogP) is -1.55. The van der Waals surface area contributed by atoms with Crippen LogP contribution in [0.3, 0.4) is 0 Å². The summed E-state index contributed by atoms with van der Waals surface area (Å²) in [5.41, 5.74) is 1.73. The van der Waals surface area contributed by atoms with Gasteiger partial charge in [-0.25, -0.2) is 0 Å². The van der Waals surface area contributed by atoms with Gasteiger partial charge in [0.25, 0.3) is 0 Å². The van der Waals surface area contributed by atoms with Crippen LogP contribution in [0.25, 0.3) is 0 Å². The molecule has 4 nitrogen and oxygen atoms in total. The van der Waals surface area contributed by atoms with Gasteiger partial charge in [-0.3, -0.25) is 0 Å². The molecule has 1 amide bonds. The predicted molar refractivity (Wildman–Crippen MR) is 82.5 cm³/mol. The van der Waals surface area contributed by atoms with E-state index in [9.17, 15) is 8.23 Å². The van der Waals surface area contributed by atoms with Crippen LogP contribution < -0.4 is 27.9 Å². The number of halogens is 2. The number of carbonyl (C=O) groups excluding carboxylic acids is 1. The van der Waals surface area contributed by atoms with Crippen LogP contribution in [0.2, 0.25) is 0 Å².